The van der Waals surface area contributed by atoms with E-state index in [1.165, 1.54) is 6.33 Å². The lowest BCUT2D eigenvalue weighted by molar-refractivity contribution is -0.0316. The van der Waals surface area contributed by atoms with Crippen LogP contribution in [-0.2, 0) is 4.74 Å². The molecule has 1 saturated heterocycles. The first-order valence-electron chi connectivity index (χ1n) is 5.38. The third kappa shape index (κ3) is 1.42. The Morgan fingerprint density at radius 1 is 1.50 bits per heavy atom. The van der Waals surface area contributed by atoms with Gasteiger partial charge in [-0.15, -0.1) is 0 Å². The number of H-pyrrole nitrogens is 1. The maximum Gasteiger partial charge on any atom is 0.329 e. The predicted octanol–water partition coefficient (Wildman–Crippen LogP) is 0.819. The van der Waals surface area contributed by atoms with Crippen molar-refractivity contribution in [1.82, 2.24) is 19.5 Å². The fraction of sp³-hybridized carbons (Fsp3) is 0.500. The molecule has 1 unspecified atom stereocenters. The highest BCUT2D eigenvalue weighted by Gasteiger charge is 2.20. The summed E-state index contributed by atoms with van der Waals surface area (Å²) < 4.78 is 7.17. The Kier molecular flexibility index (Phi) is 2.21. The number of hydrogen-bond acceptors (Lipinski definition) is 4. The lowest BCUT2D eigenvalue weighted by Gasteiger charge is -2.22. The minimum absolute atomic E-state index is 0.178. The van der Waals surface area contributed by atoms with Gasteiger partial charge in [0.25, 0.3) is 0 Å². The molecule has 1 atom stereocenters. The zero-order chi connectivity index (χ0) is 11.0. The lowest BCUT2D eigenvalue weighted by atomic mass is 10.2. The molecule has 6 heteroatoms. The summed E-state index contributed by atoms with van der Waals surface area (Å²) in [5, 5.41) is 0. The van der Waals surface area contributed by atoms with E-state index in [1.54, 1.807) is 10.8 Å². The highest BCUT2D eigenvalue weighted by atomic mass is 16.5. The largest absolute Gasteiger partial charge is 0.358 e. The summed E-state index contributed by atoms with van der Waals surface area (Å²) in [4.78, 5) is 22.5. The van der Waals surface area contributed by atoms with Gasteiger partial charge in [0, 0.05) is 6.61 Å². The highest BCUT2D eigenvalue weighted by molar-refractivity contribution is 5.68. The lowest BCUT2D eigenvalue weighted by Crippen LogP contribution is -2.27. The highest BCUT2D eigenvalue weighted by Crippen LogP contribution is 2.23. The van der Waals surface area contributed by atoms with Gasteiger partial charge in [-0.2, -0.15) is 0 Å². The van der Waals surface area contributed by atoms with E-state index in [9.17, 15) is 4.79 Å². The topological polar surface area (TPSA) is 72.8 Å². The first-order chi connectivity index (χ1) is 7.86. The van der Waals surface area contributed by atoms with E-state index in [2.05, 4.69) is 15.0 Å². The van der Waals surface area contributed by atoms with Crippen molar-refractivity contribution in [3.05, 3.63) is 23.0 Å². The van der Waals surface area contributed by atoms with Crippen molar-refractivity contribution < 1.29 is 4.74 Å². The van der Waals surface area contributed by atoms with E-state index < -0.39 is 0 Å². The Labute approximate surface area is 91.3 Å². The maximum atomic E-state index is 11.8. The van der Waals surface area contributed by atoms with Crippen molar-refractivity contribution in [2.24, 2.45) is 0 Å². The van der Waals surface area contributed by atoms with Gasteiger partial charge >= 0.3 is 5.69 Å². The first-order valence-corrected chi connectivity index (χ1v) is 5.38. The van der Waals surface area contributed by atoms with Crippen LogP contribution >= 0.6 is 0 Å². The molecule has 0 saturated carbocycles. The third-order valence-electron chi connectivity index (χ3n) is 2.82. The van der Waals surface area contributed by atoms with Crippen LogP contribution in [-0.4, -0.2) is 26.1 Å². The molecule has 0 radical (unpaired) electrons. The number of nitrogens with zero attached hydrogens (tertiary/aromatic N) is 3. The average molecular weight is 220 g/mol. The average Bonchev–Trinajstić information content (AvgIpc) is 2.66. The molecule has 1 fully saturated rings. The molecular weight excluding hydrogens is 208 g/mol. The van der Waals surface area contributed by atoms with Crippen molar-refractivity contribution in [3.63, 3.8) is 0 Å². The fourth-order valence-electron chi connectivity index (χ4n) is 2.07. The summed E-state index contributed by atoms with van der Waals surface area (Å²) >= 11 is 0. The van der Waals surface area contributed by atoms with Gasteiger partial charge in [-0.05, 0) is 19.3 Å². The number of nitrogens with one attached hydrogen (secondary N) is 1. The summed E-state index contributed by atoms with van der Waals surface area (Å²) in [5.41, 5.74) is 1.09. The third-order valence-corrected chi connectivity index (χ3v) is 2.82. The summed E-state index contributed by atoms with van der Waals surface area (Å²) in [6.07, 6.45) is 5.84. The molecule has 16 heavy (non-hydrogen) atoms. The molecule has 1 aliphatic rings. The summed E-state index contributed by atoms with van der Waals surface area (Å²) in [5.74, 6) is 0. The van der Waals surface area contributed by atoms with Crippen LogP contribution in [0.3, 0.4) is 0 Å². The van der Waals surface area contributed by atoms with Gasteiger partial charge in [0.15, 0.2) is 5.65 Å². The van der Waals surface area contributed by atoms with Gasteiger partial charge < -0.3 is 9.72 Å². The fourth-order valence-corrected chi connectivity index (χ4v) is 2.07. The standard InChI is InChI=1S/C10H12N4O2/c15-10-13-7-5-11-6-12-9(7)14(10)8-3-1-2-4-16-8/h5-6,8H,1-4H2,(H,13,15). The van der Waals surface area contributed by atoms with Crippen LogP contribution < -0.4 is 5.69 Å². The Morgan fingerprint density at radius 3 is 3.25 bits per heavy atom. The van der Waals surface area contributed by atoms with E-state index in [0.717, 1.165) is 19.3 Å². The second kappa shape index (κ2) is 3.71. The summed E-state index contributed by atoms with van der Waals surface area (Å²) in [6, 6.07) is 0. The molecular formula is C10H12N4O2. The van der Waals surface area contributed by atoms with Crippen LogP contribution in [0.25, 0.3) is 11.2 Å². The quantitative estimate of drug-likeness (QED) is 0.772. The number of fused-ring (bicyclic) bond motifs is 1. The Bertz CT molecular complexity index is 553. The van der Waals surface area contributed by atoms with Crippen molar-refractivity contribution in [1.29, 1.82) is 0 Å². The van der Waals surface area contributed by atoms with Gasteiger partial charge in [-0.3, -0.25) is 0 Å². The number of aromatic nitrogens is 4. The number of aromatic amines is 1. The minimum Gasteiger partial charge on any atom is -0.358 e. The van der Waals surface area contributed by atoms with Crippen LogP contribution in [0.2, 0.25) is 0 Å². The second-order valence-corrected chi connectivity index (χ2v) is 3.88. The van der Waals surface area contributed by atoms with Crippen LogP contribution in [0.4, 0.5) is 0 Å². The van der Waals surface area contributed by atoms with Gasteiger partial charge in [0.1, 0.15) is 18.1 Å². The molecule has 0 amide bonds. The SMILES string of the molecule is O=c1[nH]c2cncnc2n1C1CCCCO1. The molecule has 1 aliphatic heterocycles. The Morgan fingerprint density at radius 2 is 2.44 bits per heavy atom. The van der Waals surface area contributed by atoms with Gasteiger partial charge in [-0.25, -0.2) is 19.3 Å². The van der Waals surface area contributed by atoms with Crippen LogP contribution in [0, 0.1) is 0 Å². The predicted molar refractivity (Wildman–Crippen MR) is 57.0 cm³/mol. The van der Waals surface area contributed by atoms with E-state index in [0.29, 0.717) is 17.8 Å². The molecule has 3 rings (SSSR count). The number of rotatable bonds is 1. The minimum atomic E-state index is -0.190. The van der Waals surface area contributed by atoms with Crippen LogP contribution in [0.15, 0.2) is 17.3 Å². The van der Waals surface area contributed by atoms with Crippen molar-refractivity contribution in [2.75, 3.05) is 6.61 Å². The Balaban J connectivity index is 2.14. The molecule has 2 aromatic heterocycles. The molecule has 0 bridgehead atoms. The van der Waals surface area contributed by atoms with E-state index in [-0.39, 0.29) is 11.9 Å². The molecule has 0 aliphatic carbocycles. The molecule has 84 valence electrons. The van der Waals surface area contributed by atoms with E-state index in [1.807, 2.05) is 0 Å². The van der Waals surface area contributed by atoms with Crippen molar-refractivity contribution in [3.8, 4) is 0 Å². The number of hydrogen-bond donors (Lipinski definition) is 1. The van der Waals surface area contributed by atoms with Crippen molar-refractivity contribution in [2.45, 2.75) is 25.5 Å². The summed E-state index contributed by atoms with van der Waals surface area (Å²) in [7, 11) is 0. The Hall–Kier alpha value is -1.69. The van der Waals surface area contributed by atoms with Gasteiger partial charge in [0.2, 0.25) is 0 Å². The second-order valence-electron chi connectivity index (χ2n) is 3.88. The maximum absolute atomic E-state index is 11.8. The number of ether oxygens (including phenoxy) is 1. The normalized spacial score (nSPS) is 21.4. The van der Waals surface area contributed by atoms with Crippen LogP contribution in [0.5, 0.6) is 0 Å². The van der Waals surface area contributed by atoms with E-state index in [4.69, 9.17) is 4.74 Å². The van der Waals surface area contributed by atoms with Crippen LogP contribution in [0.1, 0.15) is 25.5 Å². The van der Waals surface area contributed by atoms with Crippen molar-refractivity contribution >= 4 is 11.2 Å². The zero-order valence-electron chi connectivity index (χ0n) is 8.72. The van der Waals surface area contributed by atoms with Gasteiger partial charge in [-0.1, -0.05) is 0 Å². The van der Waals surface area contributed by atoms with E-state index >= 15 is 0 Å². The zero-order valence-corrected chi connectivity index (χ0v) is 8.72. The number of imidazole rings is 1. The molecule has 0 spiro atoms. The molecule has 6 nitrogen and oxygen atoms in total. The van der Waals surface area contributed by atoms with Gasteiger partial charge in [0.05, 0.1) is 6.20 Å². The smallest absolute Gasteiger partial charge is 0.329 e. The summed E-state index contributed by atoms with van der Waals surface area (Å²) in [6.45, 7) is 0.703. The molecule has 1 N–H and O–H groups in total. The molecule has 3 heterocycles. The molecule has 0 aromatic carbocycles. The first kappa shape index (κ1) is 9.53. The molecule has 2 aromatic rings. The monoisotopic (exact) mass is 220 g/mol.